The molecule has 0 N–H and O–H groups in total. The molecule has 1 heterocycles. The molecule has 0 bridgehead atoms. The van der Waals surface area contributed by atoms with Crippen LogP contribution in [0.15, 0.2) is 218 Å². The first-order chi connectivity index (χ1) is 30.2. The summed E-state index contributed by atoms with van der Waals surface area (Å²) in [6.07, 6.45) is 0. The molecule has 61 heavy (non-hydrogen) atoms. The van der Waals surface area contributed by atoms with Gasteiger partial charge in [0.25, 0.3) is 0 Å². The van der Waals surface area contributed by atoms with Crippen molar-refractivity contribution in [3.8, 4) is 67.3 Å². The molecule has 0 unspecified atom stereocenters. The highest BCUT2D eigenvalue weighted by molar-refractivity contribution is 6.19. The predicted molar refractivity (Wildman–Crippen MR) is 253 cm³/mol. The Morgan fingerprint density at radius 3 is 1.48 bits per heavy atom. The summed E-state index contributed by atoms with van der Waals surface area (Å²) in [4.78, 5) is 11.1. The van der Waals surface area contributed by atoms with E-state index in [1.54, 1.807) is 0 Å². The van der Waals surface area contributed by atoms with Gasteiger partial charge >= 0.3 is 0 Å². The molecule has 11 aromatic rings. The van der Waals surface area contributed by atoms with Gasteiger partial charge in [0.15, 0.2) is 5.82 Å². The van der Waals surface area contributed by atoms with Crippen LogP contribution in [-0.2, 0) is 5.41 Å². The van der Waals surface area contributed by atoms with Gasteiger partial charge in [-0.1, -0.05) is 200 Å². The molecule has 10 aromatic carbocycles. The Morgan fingerprint density at radius 1 is 0.279 bits per heavy atom. The molecular weight excluding hydrogens is 737 g/mol. The largest absolute Gasteiger partial charge is 0.228 e. The van der Waals surface area contributed by atoms with E-state index in [0.717, 1.165) is 38.9 Å². The molecule has 1 spiro atoms. The van der Waals surface area contributed by atoms with E-state index >= 15 is 0 Å². The van der Waals surface area contributed by atoms with E-state index in [-0.39, 0.29) is 0 Å². The van der Waals surface area contributed by atoms with Gasteiger partial charge in [-0.25, -0.2) is 9.97 Å². The zero-order chi connectivity index (χ0) is 40.1. The fraction of sp³-hybridized carbons (Fsp3) is 0.0169. The first-order valence-corrected chi connectivity index (χ1v) is 21.1. The van der Waals surface area contributed by atoms with E-state index in [1.807, 2.05) is 0 Å². The zero-order valence-corrected chi connectivity index (χ0v) is 33.2. The molecule has 0 fully saturated rings. The third-order valence-corrected chi connectivity index (χ3v) is 13.3. The fourth-order valence-electron chi connectivity index (χ4n) is 10.6. The van der Waals surface area contributed by atoms with Gasteiger partial charge in [-0.3, -0.25) is 0 Å². The second-order valence-electron chi connectivity index (χ2n) is 16.4. The maximum absolute atomic E-state index is 5.61. The maximum Gasteiger partial charge on any atom is 0.161 e. The van der Waals surface area contributed by atoms with Crippen LogP contribution in [0.3, 0.4) is 0 Å². The van der Waals surface area contributed by atoms with Gasteiger partial charge in [0.05, 0.1) is 16.8 Å². The number of hydrogen-bond acceptors (Lipinski definition) is 2. The summed E-state index contributed by atoms with van der Waals surface area (Å²) in [5.41, 5.74) is 17.3. The Bertz CT molecular complexity index is 3520. The van der Waals surface area contributed by atoms with Crippen molar-refractivity contribution < 1.29 is 0 Å². The highest BCUT2D eigenvalue weighted by atomic mass is 14.9. The topological polar surface area (TPSA) is 25.8 Å². The minimum atomic E-state index is -0.450. The van der Waals surface area contributed by atoms with Crippen LogP contribution < -0.4 is 0 Å². The van der Waals surface area contributed by atoms with Crippen LogP contribution in [0.1, 0.15) is 22.3 Å². The van der Waals surface area contributed by atoms with Crippen molar-refractivity contribution in [3.05, 3.63) is 241 Å². The number of hydrogen-bond donors (Lipinski definition) is 0. The normalized spacial score (nSPS) is 13.0. The zero-order valence-electron chi connectivity index (χ0n) is 33.2. The second-order valence-corrected chi connectivity index (χ2v) is 16.4. The molecule has 2 aliphatic rings. The number of rotatable bonds is 4. The first kappa shape index (κ1) is 34.0. The van der Waals surface area contributed by atoms with E-state index in [9.17, 15) is 0 Å². The number of aromatic nitrogens is 2. The average Bonchev–Trinajstić information content (AvgIpc) is 3.80. The molecule has 0 radical (unpaired) electrons. The average molecular weight is 773 g/mol. The molecule has 282 valence electrons. The summed E-state index contributed by atoms with van der Waals surface area (Å²) >= 11 is 0. The smallest absolute Gasteiger partial charge is 0.161 e. The number of fused-ring (bicyclic) bond motifs is 14. The molecule has 0 aliphatic heterocycles. The minimum Gasteiger partial charge on any atom is -0.228 e. The molecule has 2 nitrogen and oxygen atoms in total. The third kappa shape index (κ3) is 4.91. The Kier molecular flexibility index (Phi) is 7.26. The summed E-state index contributed by atoms with van der Waals surface area (Å²) in [6.45, 7) is 0. The Morgan fingerprint density at radius 2 is 0.787 bits per heavy atom. The van der Waals surface area contributed by atoms with E-state index < -0.39 is 5.41 Å². The van der Waals surface area contributed by atoms with E-state index in [0.29, 0.717) is 5.82 Å². The lowest BCUT2D eigenvalue weighted by molar-refractivity contribution is 0.794. The van der Waals surface area contributed by atoms with Crippen LogP contribution >= 0.6 is 0 Å². The van der Waals surface area contributed by atoms with Gasteiger partial charge < -0.3 is 0 Å². The number of nitrogens with zero attached hydrogens (tertiary/aromatic N) is 2. The van der Waals surface area contributed by atoms with Crippen LogP contribution in [-0.4, -0.2) is 9.97 Å². The van der Waals surface area contributed by atoms with Crippen molar-refractivity contribution in [2.24, 2.45) is 0 Å². The van der Waals surface area contributed by atoms with Crippen molar-refractivity contribution in [1.29, 1.82) is 0 Å². The van der Waals surface area contributed by atoms with Gasteiger partial charge in [-0.05, 0) is 106 Å². The van der Waals surface area contributed by atoms with Crippen LogP contribution in [0, 0.1) is 0 Å². The molecular formula is C59H36N2. The Labute approximate surface area is 354 Å². The number of benzene rings is 10. The van der Waals surface area contributed by atoms with E-state index in [4.69, 9.17) is 9.97 Å². The van der Waals surface area contributed by atoms with Crippen LogP contribution in [0.5, 0.6) is 0 Å². The highest BCUT2D eigenvalue weighted by Gasteiger charge is 2.51. The monoisotopic (exact) mass is 772 g/mol. The molecule has 1 aromatic heterocycles. The van der Waals surface area contributed by atoms with E-state index in [2.05, 4.69) is 218 Å². The lowest BCUT2D eigenvalue weighted by Gasteiger charge is -2.30. The fourth-order valence-corrected chi connectivity index (χ4v) is 10.6. The third-order valence-electron chi connectivity index (χ3n) is 13.3. The quantitative estimate of drug-likeness (QED) is 0.132. The lowest BCUT2D eigenvalue weighted by Crippen LogP contribution is -2.25. The van der Waals surface area contributed by atoms with Gasteiger partial charge in [0, 0.05) is 16.7 Å². The molecule has 0 saturated carbocycles. The summed E-state index contributed by atoms with van der Waals surface area (Å²) in [7, 11) is 0. The van der Waals surface area contributed by atoms with Crippen molar-refractivity contribution in [2.45, 2.75) is 5.41 Å². The van der Waals surface area contributed by atoms with Crippen molar-refractivity contribution in [2.75, 3.05) is 0 Å². The van der Waals surface area contributed by atoms with Crippen molar-refractivity contribution >= 4 is 32.3 Å². The van der Waals surface area contributed by atoms with E-state index in [1.165, 1.54) is 77.2 Å². The molecule has 0 atom stereocenters. The standard InChI is InChI=1S/C59H36N2/c1-2-14-37(15-3-1)38-26-28-40(29-27-38)55-36-56(61-58(60-55)57-44-19-7-5-17-41(44)34-50-43-18-6-4-16-39(43)30-33-49(50)57)42-31-32-48-47-22-10-13-25-53(47)59(54(48)35-42)51-23-11-8-20-45(51)46-21-9-12-24-52(46)59/h1-36H. The van der Waals surface area contributed by atoms with Crippen LogP contribution in [0.4, 0.5) is 0 Å². The van der Waals surface area contributed by atoms with Crippen LogP contribution in [0.25, 0.3) is 99.6 Å². The molecule has 13 rings (SSSR count). The molecule has 0 amide bonds. The minimum absolute atomic E-state index is 0.450. The summed E-state index contributed by atoms with van der Waals surface area (Å²) in [5, 5.41) is 7.08. The second kappa shape index (κ2) is 13.0. The highest BCUT2D eigenvalue weighted by Crippen LogP contribution is 2.63. The van der Waals surface area contributed by atoms with Gasteiger partial charge in [0.1, 0.15) is 0 Å². The molecule has 2 heteroatoms. The predicted octanol–water partition coefficient (Wildman–Crippen LogP) is 14.9. The van der Waals surface area contributed by atoms with Crippen molar-refractivity contribution in [3.63, 3.8) is 0 Å². The summed E-state index contributed by atoms with van der Waals surface area (Å²) in [6, 6.07) is 79.7. The summed E-state index contributed by atoms with van der Waals surface area (Å²) < 4.78 is 0. The molecule has 2 aliphatic carbocycles. The SMILES string of the molecule is c1ccc(-c2ccc(-c3cc(-c4ccc5c(c4)C4(c6ccccc6-c6ccccc64)c4ccccc4-5)nc(-c4c5ccccc5cc5c4ccc4ccccc45)n3)cc2)cc1. The lowest BCUT2D eigenvalue weighted by atomic mass is 9.70. The van der Waals surface area contributed by atoms with Gasteiger partial charge in [-0.15, -0.1) is 0 Å². The maximum atomic E-state index is 5.61. The summed E-state index contributed by atoms with van der Waals surface area (Å²) in [5.74, 6) is 0.715. The first-order valence-electron chi connectivity index (χ1n) is 21.1. The van der Waals surface area contributed by atoms with Crippen molar-refractivity contribution in [1.82, 2.24) is 9.97 Å². The molecule has 0 saturated heterocycles. The Balaban J connectivity index is 1.08. The Hall–Kier alpha value is -7.94. The van der Waals surface area contributed by atoms with Gasteiger partial charge in [0.2, 0.25) is 0 Å². The van der Waals surface area contributed by atoms with Crippen LogP contribution in [0.2, 0.25) is 0 Å². The van der Waals surface area contributed by atoms with Gasteiger partial charge in [-0.2, -0.15) is 0 Å².